The average Bonchev–Trinajstić information content (AvgIpc) is 3.15. The van der Waals surface area contributed by atoms with Crippen LogP contribution in [0.25, 0.3) is 0 Å². The summed E-state index contributed by atoms with van der Waals surface area (Å²) in [5.41, 5.74) is 0.386. The van der Waals surface area contributed by atoms with Gasteiger partial charge in [0.1, 0.15) is 11.6 Å². The Bertz CT molecular complexity index is 686. The van der Waals surface area contributed by atoms with Gasteiger partial charge in [-0.25, -0.2) is 4.39 Å². The van der Waals surface area contributed by atoms with Crippen molar-refractivity contribution >= 4 is 11.8 Å². The molecule has 26 heavy (non-hydrogen) atoms. The zero-order chi connectivity index (χ0) is 18.8. The molecule has 7 heteroatoms. The largest absolute Gasteiger partial charge is 0.467 e. The third kappa shape index (κ3) is 6.33. The van der Waals surface area contributed by atoms with Crippen LogP contribution in [0, 0.1) is 5.82 Å². The number of methoxy groups -OCH3 is 1. The Kier molecular flexibility index (Phi) is 7.82. The van der Waals surface area contributed by atoms with Crippen LogP contribution in [0.3, 0.4) is 0 Å². The third-order valence-corrected chi connectivity index (χ3v) is 3.80. The second-order valence-electron chi connectivity index (χ2n) is 5.75. The monoisotopic (exact) mass is 362 g/mol. The van der Waals surface area contributed by atoms with E-state index in [1.54, 1.807) is 24.3 Å². The molecule has 0 atom stereocenters. The van der Waals surface area contributed by atoms with E-state index in [0.29, 0.717) is 50.4 Å². The van der Waals surface area contributed by atoms with Crippen LogP contribution in [-0.2, 0) is 16.1 Å². The van der Waals surface area contributed by atoms with Crippen molar-refractivity contribution < 1.29 is 23.1 Å². The molecule has 1 aromatic heterocycles. The first-order valence-corrected chi connectivity index (χ1v) is 8.43. The van der Waals surface area contributed by atoms with E-state index in [1.807, 2.05) is 6.07 Å². The molecule has 6 nitrogen and oxygen atoms in total. The average molecular weight is 362 g/mol. The number of rotatable bonds is 10. The lowest BCUT2D eigenvalue weighted by atomic mass is 10.2. The molecule has 2 amide bonds. The number of carbonyl (C=O) groups is 2. The maximum Gasteiger partial charge on any atom is 0.251 e. The first-order valence-electron chi connectivity index (χ1n) is 8.43. The Morgan fingerprint density at radius 1 is 1.23 bits per heavy atom. The molecule has 0 aliphatic carbocycles. The smallest absolute Gasteiger partial charge is 0.251 e. The van der Waals surface area contributed by atoms with Crippen LogP contribution < -0.4 is 5.32 Å². The van der Waals surface area contributed by atoms with Crippen molar-refractivity contribution in [1.29, 1.82) is 0 Å². The third-order valence-electron chi connectivity index (χ3n) is 3.80. The topological polar surface area (TPSA) is 71.8 Å². The summed E-state index contributed by atoms with van der Waals surface area (Å²) in [4.78, 5) is 26.0. The van der Waals surface area contributed by atoms with Gasteiger partial charge in [-0.2, -0.15) is 0 Å². The van der Waals surface area contributed by atoms with E-state index in [4.69, 9.17) is 9.15 Å². The number of amides is 2. The lowest BCUT2D eigenvalue weighted by Gasteiger charge is -2.21. The van der Waals surface area contributed by atoms with Crippen molar-refractivity contribution in [1.82, 2.24) is 10.2 Å². The van der Waals surface area contributed by atoms with E-state index in [1.165, 1.54) is 24.3 Å². The number of nitrogens with zero attached hydrogens (tertiary/aromatic N) is 1. The van der Waals surface area contributed by atoms with Crippen molar-refractivity contribution in [3.8, 4) is 0 Å². The highest BCUT2D eigenvalue weighted by Crippen LogP contribution is 2.08. The van der Waals surface area contributed by atoms with Crippen LogP contribution in [0.5, 0.6) is 0 Å². The maximum atomic E-state index is 12.9. The molecule has 0 saturated carbocycles. The zero-order valence-electron chi connectivity index (χ0n) is 14.7. The Morgan fingerprint density at radius 3 is 2.65 bits per heavy atom. The molecule has 0 spiro atoms. The van der Waals surface area contributed by atoms with Gasteiger partial charge in [-0.05, 0) is 42.8 Å². The van der Waals surface area contributed by atoms with Gasteiger partial charge < -0.3 is 19.4 Å². The first-order chi connectivity index (χ1) is 12.6. The van der Waals surface area contributed by atoms with Crippen molar-refractivity contribution in [2.75, 3.05) is 26.8 Å². The van der Waals surface area contributed by atoms with E-state index in [0.717, 1.165) is 0 Å². The van der Waals surface area contributed by atoms with Gasteiger partial charge in [0.25, 0.3) is 5.91 Å². The summed E-state index contributed by atoms with van der Waals surface area (Å²) in [6.45, 7) is 1.66. The van der Waals surface area contributed by atoms with E-state index in [9.17, 15) is 14.0 Å². The highest BCUT2D eigenvalue weighted by atomic mass is 19.1. The summed E-state index contributed by atoms with van der Waals surface area (Å²) < 4.78 is 23.2. The van der Waals surface area contributed by atoms with Crippen LogP contribution in [0.2, 0.25) is 0 Å². The Morgan fingerprint density at radius 2 is 2.00 bits per heavy atom. The van der Waals surface area contributed by atoms with Gasteiger partial charge in [0, 0.05) is 32.2 Å². The molecule has 1 aromatic carbocycles. The second-order valence-corrected chi connectivity index (χ2v) is 5.75. The number of halogens is 1. The Hall–Kier alpha value is -2.67. The van der Waals surface area contributed by atoms with Crippen LogP contribution >= 0.6 is 0 Å². The van der Waals surface area contributed by atoms with Gasteiger partial charge in [-0.15, -0.1) is 0 Å². The van der Waals surface area contributed by atoms with E-state index in [-0.39, 0.29) is 17.6 Å². The molecule has 0 aliphatic heterocycles. The Balaban J connectivity index is 1.75. The normalized spacial score (nSPS) is 10.5. The fraction of sp³-hybridized carbons (Fsp3) is 0.368. The highest BCUT2D eigenvalue weighted by Gasteiger charge is 2.15. The molecular weight excluding hydrogens is 339 g/mol. The van der Waals surface area contributed by atoms with Crippen molar-refractivity contribution in [2.24, 2.45) is 0 Å². The van der Waals surface area contributed by atoms with Crippen molar-refractivity contribution in [3.63, 3.8) is 0 Å². The number of hydrogen-bond acceptors (Lipinski definition) is 4. The fourth-order valence-electron chi connectivity index (χ4n) is 2.39. The lowest BCUT2D eigenvalue weighted by molar-refractivity contribution is -0.132. The molecule has 1 heterocycles. The van der Waals surface area contributed by atoms with Gasteiger partial charge >= 0.3 is 0 Å². The predicted molar refractivity (Wildman–Crippen MR) is 94.0 cm³/mol. The number of furan rings is 1. The second kappa shape index (κ2) is 10.4. The van der Waals surface area contributed by atoms with E-state index < -0.39 is 0 Å². The molecule has 1 N–H and O–H groups in total. The zero-order valence-corrected chi connectivity index (χ0v) is 14.7. The molecule has 2 rings (SSSR count). The standard InChI is InChI=1S/C19H23FN2O4/c1-25-13-11-22(14-17-4-3-12-26-17)18(23)5-2-10-21-19(24)15-6-8-16(20)9-7-15/h3-4,6-9,12H,2,5,10-11,13-14H2,1H3,(H,21,24). The number of nitrogens with one attached hydrogen (secondary N) is 1. The maximum absolute atomic E-state index is 12.9. The first kappa shape index (κ1) is 19.7. The number of ether oxygens (including phenoxy) is 1. The number of benzene rings is 1. The summed E-state index contributed by atoms with van der Waals surface area (Å²) in [6, 6.07) is 8.91. The lowest BCUT2D eigenvalue weighted by Crippen LogP contribution is -2.34. The van der Waals surface area contributed by atoms with Crippen molar-refractivity contribution in [3.05, 3.63) is 59.8 Å². The number of carbonyl (C=O) groups excluding carboxylic acids is 2. The molecule has 0 saturated heterocycles. The fourth-order valence-corrected chi connectivity index (χ4v) is 2.39. The van der Waals surface area contributed by atoms with Crippen molar-refractivity contribution in [2.45, 2.75) is 19.4 Å². The predicted octanol–water partition coefficient (Wildman–Crippen LogP) is 2.60. The highest BCUT2D eigenvalue weighted by molar-refractivity contribution is 5.94. The summed E-state index contributed by atoms with van der Waals surface area (Å²) >= 11 is 0. The van der Waals surface area contributed by atoms with E-state index >= 15 is 0 Å². The molecule has 140 valence electrons. The van der Waals surface area contributed by atoms with Gasteiger partial charge in [-0.3, -0.25) is 9.59 Å². The molecule has 0 unspecified atom stereocenters. The molecule has 0 bridgehead atoms. The van der Waals surface area contributed by atoms with Crippen LogP contribution in [0.1, 0.15) is 29.0 Å². The summed E-state index contributed by atoms with van der Waals surface area (Å²) in [5.74, 6) is -0.00215. The molecule has 0 radical (unpaired) electrons. The van der Waals surface area contributed by atoms with Gasteiger partial charge in [-0.1, -0.05) is 0 Å². The van der Waals surface area contributed by atoms with Crippen LogP contribution in [0.15, 0.2) is 47.1 Å². The molecule has 0 fully saturated rings. The summed E-state index contributed by atoms with van der Waals surface area (Å²) in [5, 5.41) is 2.73. The van der Waals surface area contributed by atoms with E-state index in [2.05, 4.69) is 5.32 Å². The van der Waals surface area contributed by atoms with Gasteiger partial charge in [0.2, 0.25) is 5.91 Å². The minimum Gasteiger partial charge on any atom is -0.467 e. The number of hydrogen-bond donors (Lipinski definition) is 1. The summed E-state index contributed by atoms with van der Waals surface area (Å²) in [7, 11) is 1.58. The Labute approximate surface area is 151 Å². The molecule has 2 aromatic rings. The van der Waals surface area contributed by atoms with Crippen LogP contribution in [0.4, 0.5) is 4.39 Å². The summed E-state index contributed by atoms with van der Waals surface area (Å²) in [6.07, 6.45) is 2.38. The minimum atomic E-state index is -0.389. The van der Waals surface area contributed by atoms with Gasteiger partial charge in [0.05, 0.1) is 19.4 Å². The SMILES string of the molecule is COCCN(Cc1ccco1)C(=O)CCCNC(=O)c1ccc(F)cc1. The van der Waals surface area contributed by atoms with Gasteiger partial charge in [0.15, 0.2) is 0 Å². The molecule has 0 aliphatic rings. The molecular formula is C19H23FN2O4. The quantitative estimate of drug-likeness (QED) is 0.660. The van der Waals surface area contributed by atoms with Crippen LogP contribution in [-0.4, -0.2) is 43.5 Å². The minimum absolute atomic E-state index is 0.0329.